The van der Waals surface area contributed by atoms with Gasteiger partial charge in [-0.15, -0.1) is 0 Å². The van der Waals surface area contributed by atoms with E-state index in [1.807, 2.05) is 29.1 Å². The third-order valence-corrected chi connectivity index (χ3v) is 5.26. The number of fused-ring (bicyclic) bond motifs is 1. The Morgan fingerprint density at radius 3 is 2.74 bits per heavy atom. The molecule has 4 rings (SSSR count). The summed E-state index contributed by atoms with van der Waals surface area (Å²) in [4.78, 5) is 27.2. The first-order chi connectivity index (χ1) is 13.1. The van der Waals surface area contributed by atoms with Gasteiger partial charge >= 0.3 is 0 Å². The Bertz CT molecular complexity index is 993. The van der Waals surface area contributed by atoms with E-state index in [2.05, 4.69) is 15.4 Å². The number of anilines is 1. The number of hydrogen-bond donors (Lipinski definition) is 1. The zero-order valence-electron chi connectivity index (χ0n) is 14.6. The maximum absolute atomic E-state index is 12.4. The summed E-state index contributed by atoms with van der Waals surface area (Å²) < 4.78 is 2.00. The first-order valence-corrected chi connectivity index (χ1v) is 9.36. The lowest BCUT2D eigenvalue weighted by Gasteiger charge is -2.25. The van der Waals surface area contributed by atoms with Crippen LogP contribution < -0.4 is 5.32 Å². The molecule has 2 aromatic heterocycles. The van der Waals surface area contributed by atoms with E-state index in [0.29, 0.717) is 22.3 Å². The molecule has 138 valence electrons. The summed E-state index contributed by atoms with van der Waals surface area (Å²) in [5.41, 5.74) is 1.98. The number of halogens is 1. The summed E-state index contributed by atoms with van der Waals surface area (Å²) in [6, 6.07) is 7.54. The molecule has 1 aliphatic carbocycles. The van der Waals surface area contributed by atoms with Gasteiger partial charge in [-0.05, 0) is 49.9 Å². The molecule has 0 bridgehead atoms. The Morgan fingerprint density at radius 1 is 1.19 bits per heavy atom. The Labute approximate surface area is 161 Å². The van der Waals surface area contributed by atoms with Crippen molar-refractivity contribution in [1.29, 1.82) is 0 Å². The van der Waals surface area contributed by atoms with Gasteiger partial charge in [0.2, 0.25) is 0 Å². The summed E-state index contributed by atoms with van der Waals surface area (Å²) in [6.45, 7) is 0. The van der Waals surface area contributed by atoms with Crippen LogP contribution in [0.25, 0.3) is 10.9 Å². The van der Waals surface area contributed by atoms with Crippen molar-refractivity contribution in [3.8, 4) is 0 Å². The maximum Gasteiger partial charge on any atom is 0.257 e. The average Bonchev–Trinajstić information content (AvgIpc) is 3.11. The molecule has 1 aromatic carbocycles. The largest absolute Gasteiger partial charge is 0.322 e. The van der Waals surface area contributed by atoms with Crippen molar-refractivity contribution in [1.82, 2.24) is 14.8 Å². The average molecular weight is 383 g/mol. The molecule has 0 saturated heterocycles. The smallest absolute Gasteiger partial charge is 0.257 e. The van der Waals surface area contributed by atoms with E-state index in [1.54, 1.807) is 6.07 Å². The van der Waals surface area contributed by atoms with E-state index >= 15 is 0 Å². The second kappa shape index (κ2) is 7.48. The van der Waals surface area contributed by atoms with Gasteiger partial charge < -0.3 is 10.1 Å². The van der Waals surface area contributed by atoms with Gasteiger partial charge in [-0.2, -0.15) is 5.10 Å². The molecule has 27 heavy (non-hydrogen) atoms. The van der Waals surface area contributed by atoms with Crippen molar-refractivity contribution < 1.29 is 9.59 Å². The molecule has 0 spiro atoms. The SMILES string of the molecule is O=CC1CCC(n2cc3cc(NC(=O)c4cncc(Cl)c4)ccc3n2)CC1. The predicted molar refractivity (Wildman–Crippen MR) is 104 cm³/mol. The third-order valence-electron chi connectivity index (χ3n) is 5.05. The van der Waals surface area contributed by atoms with E-state index in [1.165, 1.54) is 12.4 Å². The van der Waals surface area contributed by atoms with Gasteiger partial charge in [0.15, 0.2) is 0 Å². The molecular formula is C20H19ClN4O2. The van der Waals surface area contributed by atoms with Crippen LogP contribution in [0.4, 0.5) is 5.69 Å². The highest BCUT2D eigenvalue weighted by Crippen LogP contribution is 2.32. The van der Waals surface area contributed by atoms with Crippen LogP contribution in [0, 0.1) is 5.92 Å². The van der Waals surface area contributed by atoms with E-state index in [9.17, 15) is 9.59 Å². The van der Waals surface area contributed by atoms with Gasteiger partial charge in [-0.25, -0.2) is 0 Å². The molecule has 1 aliphatic rings. The number of aromatic nitrogens is 3. The van der Waals surface area contributed by atoms with Gasteiger partial charge in [0.25, 0.3) is 5.91 Å². The van der Waals surface area contributed by atoms with Crippen LogP contribution in [0.5, 0.6) is 0 Å². The molecule has 6 nitrogen and oxygen atoms in total. The second-order valence-corrected chi connectivity index (χ2v) is 7.37. The van der Waals surface area contributed by atoms with Crippen LogP contribution in [0.2, 0.25) is 5.02 Å². The number of amides is 1. The second-order valence-electron chi connectivity index (χ2n) is 6.93. The number of nitrogens with one attached hydrogen (secondary N) is 1. The first-order valence-electron chi connectivity index (χ1n) is 8.98. The van der Waals surface area contributed by atoms with Crippen LogP contribution >= 0.6 is 11.6 Å². The lowest BCUT2D eigenvalue weighted by molar-refractivity contribution is -0.112. The van der Waals surface area contributed by atoms with Gasteiger partial charge in [0.1, 0.15) is 6.29 Å². The number of aldehydes is 1. The summed E-state index contributed by atoms with van der Waals surface area (Å²) in [5.74, 6) is -0.0713. The third kappa shape index (κ3) is 3.85. The molecule has 1 saturated carbocycles. The zero-order valence-corrected chi connectivity index (χ0v) is 15.4. The number of carbonyl (C=O) groups excluding carboxylic acids is 2. The van der Waals surface area contributed by atoms with E-state index in [0.717, 1.165) is 42.9 Å². The molecule has 7 heteroatoms. The topological polar surface area (TPSA) is 76.9 Å². The van der Waals surface area contributed by atoms with E-state index in [-0.39, 0.29) is 11.8 Å². The minimum Gasteiger partial charge on any atom is -0.322 e. The Morgan fingerprint density at radius 2 is 2.00 bits per heavy atom. The van der Waals surface area contributed by atoms with Crippen molar-refractivity contribution in [3.05, 3.63) is 53.4 Å². The van der Waals surface area contributed by atoms with Gasteiger partial charge in [-0.1, -0.05) is 11.6 Å². The van der Waals surface area contributed by atoms with E-state index < -0.39 is 0 Å². The van der Waals surface area contributed by atoms with Crippen LogP contribution in [0.1, 0.15) is 42.1 Å². The normalized spacial score (nSPS) is 19.7. The van der Waals surface area contributed by atoms with E-state index in [4.69, 9.17) is 11.6 Å². The van der Waals surface area contributed by atoms with Crippen molar-refractivity contribution in [2.45, 2.75) is 31.7 Å². The summed E-state index contributed by atoms with van der Waals surface area (Å²) in [6.07, 6.45) is 9.80. The number of nitrogens with zero attached hydrogens (tertiary/aromatic N) is 3. The molecule has 1 amide bonds. The number of rotatable bonds is 4. The van der Waals surface area contributed by atoms with Crippen LogP contribution in [-0.2, 0) is 4.79 Å². The van der Waals surface area contributed by atoms with Crippen molar-refractivity contribution in [2.75, 3.05) is 5.32 Å². The molecule has 1 N–H and O–H groups in total. The summed E-state index contributed by atoms with van der Waals surface area (Å²) >= 11 is 5.89. The molecular weight excluding hydrogens is 364 g/mol. The van der Waals surface area contributed by atoms with Crippen molar-refractivity contribution in [3.63, 3.8) is 0 Å². The fourth-order valence-corrected chi connectivity index (χ4v) is 3.72. The minimum absolute atomic E-state index is 0.189. The number of hydrogen-bond acceptors (Lipinski definition) is 4. The summed E-state index contributed by atoms with van der Waals surface area (Å²) in [5, 5.41) is 8.92. The molecule has 3 aromatic rings. The van der Waals surface area contributed by atoms with Crippen LogP contribution in [0.15, 0.2) is 42.9 Å². The van der Waals surface area contributed by atoms with Crippen molar-refractivity contribution >= 4 is 40.4 Å². The minimum atomic E-state index is -0.260. The molecule has 1 fully saturated rings. The monoisotopic (exact) mass is 382 g/mol. The van der Waals surface area contributed by atoms with Gasteiger partial charge in [-0.3, -0.25) is 14.5 Å². The quantitative estimate of drug-likeness (QED) is 0.683. The van der Waals surface area contributed by atoms with Crippen LogP contribution in [-0.4, -0.2) is 27.0 Å². The first kappa shape index (κ1) is 17.7. The number of pyridine rings is 1. The van der Waals surface area contributed by atoms with Crippen molar-refractivity contribution in [2.24, 2.45) is 5.92 Å². The standard InChI is InChI=1S/C20H19ClN4O2/c21-16-7-14(9-22-10-16)20(27)23-17-3-6-19-15(8-17)11-25(24-19)18-4-1-13(12-26)2-5-18/h3,6-13,18H,1-2,4-5H2,(H,23,27). The fourth-order valence-electron chi connectivity index (χ4n) is 3.55. The highest BCUT2D eigenvalue weighted by atomic mass is 35.5. The fraction of sp³-hybridized carbons (Fsp3) is 0.300. The Kier molecular flexibility index (Phi) is 4.90. The summed E-state index contributed by atoms with van der Waals surface area (Å²) in [7, 11) is 0. The molecule has 0 radical (unpaired) electrons. The lowest BCUT2D eigenvalue weighted by Crippen LogP contribution is -2.19. The molecule has 0 atom stereocenters. The predicted octanol–water partition coefficient (Wildman–Crippen LogP) is 4.27. The molecule has 2 heterocycles. The highest BCUT2D eigenvalue weighted by molar-refractivity contribution is 6.30. The number of benzene rings is 1. The zero-order chi connectivity index (χ0) is 18.8. The van der Waals surface area contributed by atoms with Gasteiger partial charge in [0, 0.05) is 35.6 Å². The maximum atomic E-state index is 12.4. The number of carbonyl (C=O) groups is 2. The Balaban J connectivity index is 1.51. The Hall–Kier alpha value is -2.73. The van der Waals surface area contributed by atoms with Gasteiger partial charge in [0.05, 0.1) is 22.1 Å². The molecule has 0 unspecified atom stereocenters. The van der Waals surface area contributed by atoms with Crippen LogP contribution in [0.3, 0.4) is 0 Å². The lowest BCUT2D eigenvalue weighted by atomic mass is 9.87. The molecule has 0 aliphatic heterocycles. The highest BCUT2D eigenvalue weighted by Gasteiger charge is 2.22.